The van der Waals surface area contributed by atoms with Crippen LogP contribution in [0, 0.1) is 11.3 Å². The molecule has 0 aliphatic carbocycles. The number of halogens is 1. The number of hydrogen-bond acceptors (Lipinski definition) is 6. The molecule has 1 N–H and O–H groups in total. The number of hydrogen-bond donors (Lipinski definition) is 1. The van der Waals surface area contributed by atoms with Gasteiger partial charge in [0.2, 0.25) is 11.6 Å². The van der Waals surface area contributed by atoms with Crippen LogP contribution < -0.4 is 10.1 Å². The predicted molar refractivity (Wildman–Crippen MR) is 113 cm³/mol. The van der Waals surface area contributed by atoms with Crippen molar-refractivity contribution in [2.45, 2.75) is 19.6 Å². The molecule has 0 saturated heterocycles. The number of para-hydroxylation sites is 1. The van der Waals surface area contributed by atoms with Crippen molar-refractivity contribution in [2.24, 2.45) is 0 Å². The van der Waals surface area contributed by atoms with Crippen molar-refractivity contribution in [1.82, 2.24) is 4.98 Å². The van der Waals surface area contributed by atoms with E-state index < -0.39 is 0 Å². The van der Waals surface area contributed by atoms with Gasteiger partial charge in [0.25, 0.3) is 5.89 Å². The molecule has 0 aliphatic heterocycles. The SMILES string of the molecule is C[C@H](Nc1oc(-c2ccc(COc3ccccc3Cl)o2)nc1C#N)c1ccccc1. The van der Waals surface area contributed by atoms with Crippen LogP contribution in [0.5, 0.6) is 5.75 Å². The van der Waals surface area contributed by atoms with Gasteiger partial charge in [-0.15, -0.1) is 0 Å². The molecule has 4 aromatic rings. The molecule has 0 spiro atoms. The standard InChI is InChI=1S/C23H18ClN3O3/c1-15(16-7-3-2-4-8-16)26-22-19(13-25)27-23(30-22)21-12-11-17(29-21)14-28-20-10-6-5-9-18(20)24/h2-12,15,26H,14H2,1H3/t15-/m0/s1. The number of oxazole rings is 1. The summed E-state index contributed by atoms with van der Waals surface area (Å²) in [7, 11) is 0. The van der Waals surface area contributed by atoms with E-state index in [1.165, 1.54) is 0 Å². The first-order valence-corrected chi connectivity index (χ1v) is 9.70. The third-order valence-electron chi connectivity index (χ3n) is 4.46. The summed E-state index contributed by atoms with van der Waals surface area (Å²) in [6, 6.07) is 22.6. The highest BCUT2D eigenvalue weighted by Gasteiger charge is 2.19. The van der Waals surface area contributed by atoms with Gasteiger partial charge in [-0.2, -0.15) is 10.2 Å². The van der Waals surface area contributed by atoms with Crippen LogP contribution in [0.2, 0.25) is 5.02 Å². The lowest BCUT2D eigenvalue weighted by Crippen LogP contribution is -2.06. The van der Waals surface area contributed by atoms with Crippen molar-refractivity contribution < 1.29 is 13.6 Å². The summed E-state index contributed by atoms with van der Waals surface area (Å²) in [4.78, 5) is 4.25. The molecular formula is C23H18ClN3O3. The highest BCUT2D eigenvalue weighted by molar-refractivity contribution is 6.32. The van der Waals surface area contributed by atoms with Crippen molar-refractivity contribution in [2.75, 3.05) is 5.32 Å². The Bertz CT molecular complexity index is 1180. The zero-order chi connectivity index (χ0) is 20.9. The van der Waals surface area contributed by atoms with Gasteiger partial charge in [-0.3, -0.25) is 0 Å². The smallest absolute Gasteiger partial charge is 0.266 e. The molecule has 150 valence electrons. The zero-order valence-electron chi connectivity index (χ0n) is 16.1. The van der Waals surface area contributed by atoms with Crippen molar-refractivity contribution in [3.63, 3.8) is 0 Å². The van der Waals surface area contributed by atoms with E-state index in [1.807, 2.05) is 49.4 Å². The maximum Gasteiger partial charge on any atom is 0.266 e. The highest BCUT2D eigenvalue weighted by Crippen LogP contribution is 2.30. The molecule has 2 heterocycles. The number of furan rings is 1. The second-order valence-corrected chi connectivity index (χ2v) is 6.98. The van der Waals surface area contributed by atoms with Gasteiger partial charge in [-0.1, -0.05) is 54.1 Å². The van der Waals surface area contributed by atoms with Crippen LogP contribution in [0.15, 0.2) is 75.6 Å². The summed E-state index contributed by atoms with van der Waals surface area (Å²) < 4.78 is 17.2. The number of rotatable bonds is 7. The number of nitrogens with one attached hydrogen (secondary N) is 1. The molecule has 7 heteroatoms. The molecule has 0 unspecified atom stereocenters. The summed E-state index contributed by atoms with van der Waals surface area (Å²) in [6.07, 6.45) is 0. The molecule has 6 nitrogen and oxygen atoms in total. The first-order valence-electron chi connectivity index (χ1n) is 9.33. The lowest BCUT2D eigenvalue weighted by Gasteiger charge is -2.12. The van der Waals surface area contributed by atoms with E-state index in [1.54, 1.807) is 24.3 Å². The molecule has 2 aromatic carbocycles. The zero-order valence-corrected chi connectivity index (χ0v) is 16.9. The van der Waals surface area contributed by atoms with Crippen molar-refractivity contribution >= 4 is 17.5 Å². The second kappa shape index (κ2) is 8.76. The minimum Gasteiger partial charge on any atom is -0.484 e. The van der Waals surface area contributed by atoms with Crippen LogP contribution in [0.25, 0.3) is 11.7 Å². The Labute approximate surface area is 178 Å². The number of aromatic nitrogens is 1. The Morgan fingerprint density at radius 1 is 1.07 bits per heavy atom. The van der Waals surface area contributed by atoms with E-state index in [2.05, 4.69) is 16.4 Å². The van der Waals surface area contributed by atoms with E-state index in [4.69, 9.17) is 25.2 Å². The summed E-state index contributed by atoms with van der Waals surface area (Å²) in [5.41, 5.74) is 1.23. The van der Waals surface area contributed by atoms with Crippen molar-refractivity contribution in [3.05, 3.63) is 88.8 Å². The molecule has 4 rings (SSSR count). The number of benzene rings is 2. The van der Waals surface area contributed by atoms with Crippen LogP contribution in [0.1, 0.15) is 30.0 Å². The van der Waals surface area contributed by atoms with Gasteiger partial charge in [0.1, 0.15) is 24.2 Å². The normalized spacial score (nSPS) is 11.6. The van der Waals surface area contributed by atoms with Gasteiger partial charge < -0.3 is 18.9 Å². The predicted octanol–water partition coefficient (Wildman–Crippen LogP) is 6.21. The molecule has 0 aliphatic rings. The summed E-state index contributed by atoms with van der Waals surface area (Å²) >= 11 is 6.10. The Morgan fingerprint density at radius 3 is 2.60 bits per heavy atom. The van der Waals surface area contributed by atoms with Gasteiger partial charge in [0.05, 0.1) is 11.1 Å². The monoisotopic (exact) mass is 419 g/mol. The number of anilines is 1. The Morgan fingerprint density at radius 2 is 1.83 bits per heavy atom. The van der Waals surface area contributed by atoms with Gasteiger partial charge in [0, 0.05) is 0 Å². The van der Waals surface area contributed by atoms with Crippen LogP contribution in [-0.2, 0) is 6.61 Å². The van der Waals surface area contributed by atoms with Gasteiger partial charge >= 0.3 is 0 Å². The van der Waals surface area contributed by atoms with E-state index >= 15 is 0 Å². The second-order valence-electron chi connectivity index (χ2n) is 6.57. The third-order valence-corrected chi connectivity index (χ3v) is 4.77. The van der Waals surface area contributed by atoms with Crippen LogP contribution in [-0.4, -0.2) is 4.98 Å². The van der Waals surface area contributed by atoms with Crippen LogP contribution >= 0.6 is 11.6 Å². The molecule has 1 atom stereocenters. The molecule has 0 saturated carbocycles. The first-order chi connectivity index (χ1) is 14.6. The minimum atomic E-state index is -0.0599. The van der Waals surface area contributed by atoms with Crippen molar-refractivity contribution in [1.29, 1.82) is 5.26 Å². The van der Waals surface area contributed by atoms with E-state index in [-0.39, 0.29) is 24.2 Å². The molecule has 0 bridgehead atoms. The lowest BCUT2D eigenvalue weighted by atomic mass is 10.1. The lowest BCUT2D eigenvalue weighted by molar-refractivity contribution is 0.271. The van der Waals surface area contributed by atoms with Gasteiger partial charge in [-0.25, -0.2) is 0 Å². The van der Waals surface area contributed by atoms with Gasteiger partial charge in [0.15, 0.2) is 5.76 Å². The fourth-order valence-electron chi connectivity index (χ4n) is 2.90. The fraction of sp³-hybridized carbons (Fsp3) is 0.130. The molecule has 2 aromatic heterocycles. The Kier molecular flexibility index (Phi) is 5.73. The topological polar surface area (TPSA) is 84.2 Å². The number of nitriles is 1. The summed E-state index contributed by atoms with van der Waals surface area (Å²) in [5.74, 6) is 2.08. The third kappa shape index (κ3) is 4.32. The minimum absolute atomic E-state index is 0.0599. The average Bonchev–Trinajstić information content (AvgIpc) is 3.40. The fourth-order valence-corrected chi connectivity index (χ4v) is 3.09. The molecule has 30 heavy (non-hydrogen) atoms. The van der Waals surface area contributed by atoms with E-state index in [0.717, 1.165) is 5.56 Å². The highest BCUT2D eigenvalue weighted by atomic mass is 35.5. The molecule has 0 radical (unpaired) electrons. The number of nitrogens with zero attached hydrogens (tertiary/aromatic N) is 2. The quantitative estimate of drug-likeness (QED) is 0.383. The summed E-state index contributed by atoms with van der Waals surface area (Å²) in [6.45, 7) is 2.18. The molecule has 0 amide bonds. The largest absolute Gasteiger partial charge is 0.484 e. The maximum absolute atomic E-state index is 9.43. The Hall–Kier alpha value is -3.69. The van der Waals surface area contributed by atoms with Gasteiger partial charge in [-0.05, 0) is 36.8 Å². The first kappa shape index (κ1) is 19.6. The summed E-state index contributed by atoms with van der Waals surface area (Å²) in [5, 5.41) is 13.1. The molecule has 0 fully saturated rings. The van der Waals surface area contributed by atoms with Crippen molar-refractivity contribution in [3.8, 4) is 23.5 Å². The molecular weight excluding hydrogens is 402 g/mol. The van der Waals surface area contributed by atoms with E-state index in [0.29, 0.717) is 28.2 Å². The maximum atomic E-state index is 9.43. The van der Waals surface area contributed by atoms with Crippen LogP contribution in [0.3, 0.4) is 0 Å². The Balaban J connectivity index is 1.48. The number of ether oxygens (including phenoxy) is 1. The average molecular weight is 420 g/mol. The van der Waals surface area contributed by atoms with Crippen LogP contribution in [0.4, 0.5) is 5.88 Å². The van der Waals surface area contributed by atoms with E-state index in [9.17, 15) is 5.26 Å².